The smallest absolute Gasteiger partial charge is 0.341 e. The number of carboxylic acid groups (broad SMARTS) is 1. The molecular formula is C9H5ClN2O4. The van der Waals surface area contributed by atoms with E-state index in [0.717, 1.165) is 6.07 Å². The fourth-order valence-electron chi connectivity index (χ4n) is 1.14. The van der Waals surface area contributed by atoms with Gasteiger partial charge in [0.1, 0.15) is 11.3 Å². The molecule has 0 radical (unpaired) electrons. The van der Waals surface area contributed by atoms with Gasteiger partial charge in [-0.05, 0) is 29.8 Å². The van der Waals surface area contributed by atoms with Gasteiger partial charge in [0.15, 0.2) is 11.0 Å². The fraction of sp³-hybridized carbons (Fsp3) is 0. The Morgan fingerprint density at radius 3 is 2.81 bits per heavy atom. The van der Waals surface area contributed by atoms with Crippen molar-refractivity contribution in [2.75, 3.05) is 0 Å². The van der Waals surface area contributed by atoms with Crippen molar-refractivity contribution in [2.45, 2.75) is 0 Å². The first-order chi connectivity index (χ1) is 7.58. The third-order valence-corrected chi connectivity index (χ3v) is 2.06. The number of furan rings is 1. The third kappa shape index (κ3) is 1.82. The number of aromatic carboxylic acids is 1. The summed E-state index contributed by atoms with van der Waals surface area (Å²) in [5, 5.41) is 14.6. The minimum atomic E-state index is -1.33. The quantitative estimate of drug-likeness (QED) is 0.827. The monoisotopic (exact) mass is 240 g/mol. The number of aromatic amines is 1. The average molecular weight is 241 g/mol. The first-order valence-electron chi connectivity index (χ1n) is 4.16. The molecule has 2 aromatic rings. The molecule has 2 rings (SSSR count). The van der Waals surface area contributed by atoms with Gasteiger partial charge in [-0.2, -0.15) is 5.10 Å². The number of rotatable bonds is 2. The van der Waals surface area contributed by atoms with Crippen molar-refractivity contribution >= 4 is 17.6 Å². The highest BCUT2D eigenvalue weighted by molar-refractivity contribution is 6.28. The highest BCUT2D eigenvalue weighted by Crippen LogP contribution is 2.22. The van der Waals surface area contributed by atoms with Crippen LogP contribution in [0, 0.1) is 0 Å². The summed E-state index contributed by atoms with van der Waals surface area (Å²) in [4.78, 5) is 21.8. The Balaban J connectivity index is 2.55. The van der Waals surface area contributed by atoms with Crippen LogP contribution in [0.2, 0.25) is 5.22 Å². The summed E-state index contributed by atoms with van der Waals surface area (Å²) >= 11 is 5.56. The summed E-state index contributed by atoms with van der Waals surface area (Å²) < 4.78 is 5.03. The largest absolute Gasteiger partial charge is 0.477 e. The van der Waals surface area contributed by atoms with E-state index in [1.807, 2.05) is 0 Å². The SMILES string of the molecule is O=C(O)c1cc(-c2ccc(Cl)o2)n[nH]c1=O. The molecule has 0 aliphatic carbocycles. The minimum Gasteiger partial charge on any atom is -0.477 e. The van der Waals surface area contributed by atoms with Crippen molar-refractivity contribution in [3.63, 3.8) is 0 Å². The van der Waals surface area contributed by atoms with E-state index in [1.54, 1.807) is 0 Å². The summed E-state index contributed by atoms with van der Waals surface area (Å²) in [5.41, 5.74) is -0.977. The van der Waals surface area contributed by atoms with Crippen molar-refractivity contribution in [2.24, 2.45) is 0 Å². The zero-order chi connectivity index (χ0) is 11.7. The van der Waals surface area contributed by atoms with Crippen LogP contribution in [0.5, 0.6) is 0 Å². The van der Waals surface area contributed by atoms with E-state index in [-0.39, 0.29) is 16.7 Å². The number of aromatic nitrogens is 2. The third-order valence-electron chi connectivity index (χ3n) is 1.86. The highest BCUT2D eigenvalue weighted by atomic mass is 35.5. The summed E-state index contributed by atoms with van der Waals surface area (Å²) in [6, 6.07) is 4.13. The summed E-state index contributed by atoms with van der Waals surface area (Å²) in [7, 11) is 0. The maximum absolute atomic E-state index is 11.1. The molecule has 0 fully saturated rings. The Bertz CT molecular complexity index is 602. The molecule has 0 bridgehead atoms. The number of carbonyl (C=O) groups is 1. The predicted molar refractivity (Wildman–Crippen MR) is 54.5 cm³/mol. The first kappa shape index (κ1) is 10.4. The van der Waals surface area contributed by atoms with Gasteiger partial charge in [-0.3, -0.25) is 4.79 Å². The molecule has 0 unspecified atom stereocenters. The molecule has 82 valence electrons. The molecule has 16 heavy (non-hydrogen) atoms. The van der Waals surface area contributed by atoms with E-state index < -0.39 is 17.1 Å². The molecule has 0 saturated heterocycles. The minimum absolute atomic E-state index is 0.153. The molecule has 0 spiro atoms. The lowest BCUT2D eigenvalue weighted by molar-refractivity contribution is 0.0694. The molecule has 2 N–H and O–H groups in total. The van der Waals surface area contributed by atoms with Crippen molar-refractivity contribution in [3.05, 3.63) is 39.3 Å². The second kappa shape index (κ2) is 3.82. The lowest BCUT2D eigenvalue weighted by Gasteiger charge is -1.96. The van der Waals surface area contributed by atoms with Gasteiger partial charge in [0.2, 0.25) is 0 Å². The van der Waals surface area contributed by atoms with Crippen molar-refractivity contribution in [3.8, 4) is 11.5 Å². The van der Waals surface area contributed by atoms with Crippen LogP contribution in [0.3, 0.4) is 0 Å². The first-order valence-corrected chi connectivity index (χ1v) is 4.54. The van der Waals surface area contributed by atoms with Gasteiger partial charge in [0.25, 0.3) is 5.56 Å². The lowest BCUT2D eigenvalue weighted by Crippen LogP contribution is -2.18. The van der Waals surface area contributed by atoms with Gasteiger partial charge in [-0.15, -0.1) is 0 Å². The molecule has 2 aromatic heterocycles. The van der Waals surface area contributed by atoms with E-state index in [9.17, 15) is 9.59 Å². The highest BCUT2D eigenvalue weighted by Gasteiger charge is 2.13. The van der Waals surface area contributed by atoms with Crippen molar-refractivity contribution in [1.82, 2.24) is 10.2 Å². The van der Waals surface area contributed by atoms with Crippen LogP contribution in [0.25, 0.3) is 11.5 Å². The van der Waals surface area contributed by atoms with E-state index in [1.165, 1.54) is 12.1 Å². The molecule has 0 aliphatic heterocycles. The molecule has 2 heterocycles. The van der Waals surface area contributed by atoms with E-state index in [4.69, 9.17) is 21.1 Å². The van der Waals surface area contributed by atoms with Crippen LogP contribution in [0.4, 0.5) is 0 Å². The molecule has 0 atom stereocenters. The fourth-order valence-corrected chi connectivity index (χ4v) is 1.29. The van der Waals surface area contributed by atoms with Crippen LogP contribution < -0.4 is 5.56 Å². The maximum atomic E-state index is 11.1. The number of hydrogen-bond acceptors (Lipinski definition) is 4. The van der Waals surface area contributed by atoms with Crippen LogP contribution in [0.1, 0.15) is 10.4 Å². The number of H-pyrrole nitrogens is 1. The zero-order valence-corrected chi connectivity index (χ0v) is 8.49. The van der Waals surface area contributed by atoms with Gasteiger partial charge in [0.05, 0.1) is 0 Å². The Hall–Kier alpha value is -2.08. The number of halogens is 1. The van der Waals surface area contributed by atoms with E-state index >= 15 is 0 Å². The van der Waals surface area contributed by atoms with Gasteiger partial charge >= 0.3 is 5.97 Å². The number of nitrogens with one attached hydrogen (secondary N) is 1. The normalized spacial score (nSPS) is 10.3. The van der Waals surface area contributed by atoms with Gasteiger partial charge in [-0.25, -0.2) is 9.89 Å². The Labute approximate surface area is 93.5 Å². The van der Waals surface area contributed by atoms with Gasteiger partial charge in [-0.1, -0.05) is 0 Å². The summed E-state index contributed by atoms with van der Waals surface area (Å²) in [6.45, 7) is 0. The summed E-state index contributed by atoms with van der Waals surface area (Å²) in [6.07, 6.45) is 0. The second-order valence-electron chi connectivity index (χ2n) is 2.90. The van der Waals surface area contributed by atoms with E-state index in [2.05, 4.69) is 10.2 Å². The summed E-state index contributed by atoms with van der Waals surface area (Å²) in [5.74, 6) is -1.05. The molecule has 0 aromatic carbocycles. The van der Waals surface area contributed by atoms with Crippen LogP contribution in [-0.2, 0) is 0 Å². The van der Waals surface area contributed by atoms with Crippen LogP contribution >= 0.6 is 11.6 Å². The second-order valence-corrected chi connectivity index (χ2v) is 3.28. The number of carboxylic acids is 1. The van der Waals surface area contributed by atoms with Crippen molar-refractivity contribution < 1.29 is 14.3 Å². The Morgan fingerprint density at radius 2 is 2.25 bits per heavy atom. The Kier molecular flexibility index (Phi) is 2.49. The number of hydrogen-bond donors (Lipinski definition) is 2. The molecular weight excluding hydrogens is 236 g/mol. The average Bonchev–Trinajstić information content (AvgIpc) is 2.65. The van der Waals surface area contributed by atoms with Crippen molar-refractivity contribution in [1.29, 1.82) is 0 Å². The van der Waals surface area contributed by atoms with Gasteiger partial charge < -0.3 is 9.52 Å². The lowest BCUT2D eigenvalue weighted by atomic mass is 10.2. The van der Waals surface area contributed by atoms with E-state index in [0.29, 0.717) is 0 Å². The predicted octanol–water partition coefficient (Wildman–Crippen LogP) is 1.38. The molecule has 0 saturated carbocycles. The Morgan fingerprint density at radius 1 is 1.50 bits per heavy atom. The van der Waals surface area contributed by atoms with Crippen LogP contribution in [0.15, 0.2) is 27.4 Å². The molecule has 0 aliphatic rings. The standard InChI is InChI=1S/C9H5ClN2O4/c10-7-2-1-6(16-7)5-3-4(9(14)15)8(13)12-11-5/h1-3H,(H,12,13)(H,14,15). The number of nitrogens with zero attached hydrogens (tertiary/aromatic N) is 1. The van der Waals surface area contributed by atoms with Gasteiger partial charge in [0, 0.05) is 0 Å². The molecule has 0 amide bonds. The molecule has 7 heteroatoms. The molecule has 6 nitrogen and oxygen atoms in total. The zero-order valence-electron chi connectivity index (χ0n) is 7.73. The topological polar surface area (TPSA) is 96.2 Å². The maximum Gasteiger partial charge on any atom is 0.341 e. The van der Waals surface area contributed by atoms with Crippen LogP contribution in [-0.4, -0.2) is 21.3 Å².